The van der Waals surface area contributed by atoms with Crippen LogP contribution in [-0.2, 0) is 12.1 Å². The van der Waals surface area contributed by atoms with Gasteiger partial charge in [0.15, 0.2) is 0 Å². The number of hydrogen-bond donors (Lipinski definition) is 2. The molecular formula is C16H23N3O2S. The summed E-state index contributed by atoms with van der Waals surface area (Å²) in [7, 11) is 0. The van der Waals surface area contributed by atoms with Gasteiger partial charge in [-0.15, -0.1) is 0 Å². The maximum atomic E-state index is 12.3. The molecule has 2 aromatic rings. The molecule has 1 atom stereocenters. The van der Waals surface area contributed by atoms with Crippen LogP contribution in [-0.4, -0.2) is 27.3 Å². The molecule has 0 radical (unpaired) electrons. The van der Waals surface area contributed by atoms with Gasteiger partial charge in [0.05, 0.1) is 18.3 Å². The summed E-state index contributed by atoms with van der Waals surface area (Å²) in [6.07, 6.45) is 1.59. The number of hydrogen-bond acceptors (Lipinski definition) is 4. The van der Waals surface area contributed by atoms with Crippen LogP contribution in [0.2, 0.25) is 0 Å². The Kier molecular flexibility index (Phi) is 5.03. The predicted octanol–water partition coefficient (Wildman–Crippen LogP) is 2.55. The molecule has 22 heavy (non-hydrogen) atoms. The Hall–Kier alpha value is -1.66. The highest BCUT2D eigenvalue weighted by molar-refractivity contribution is 7.08. The number of aromatic nitrogens is 2. The van der Waals surface area contributed by atoms with Crippen LogP contribution in [0, 0.1) is 12.8 Å². The summed E-state index contributed by atoms with van der Waals surface area (Å²) in [5, 5.41) is 21.3. The molecule has 0 aliphatic rings. The first-order valence-corrected chi connectivity index (χ1v) is 8.31. The van der Waals surface area contributed by atoms with E-state index in [9.17, 15) is 9.90 Å². The van der Waals surface area contributed by atoms with Crippen molar-refractivity contribution < 1.29 is 9.90 Å². The van der Waals surface area contributed by atoms with Gasteiger partial charge in [-0.05, 0) is 42.2 Å². The standard InChI is InChI=1S/C16H23N3O2S/c1-11(2)8-19-12(3)14(7-18-19)15(20)17-10-16(4,21)13-5-6-22-9-13/h5-7,9,11,21H,8,10H2,1-4H3,(H,17,20). The lowest BCUT2D eigenvalue weighted by Crippen LogP contribution is -2.38. The molecule has 0 aliphatic carbocycles. The van der Waals surface area contributed by atoms with Gasteiger partial charge in [0, 0.05) is 12.2 Å². The average molecular weight is 321 g/mol. The Morgan fingerprint density at radius 2 is 2.27 bits per heavy atom. The maximum Gasteiger partial charge on any atom is 0.254 e. The van der Waals surface area contributed by atoms with Gasteiger partial charge in [0.25, 0.3) is 5.91 Å². The van der Waals surface area contributed by atoms with E-state index in [1.54, 1.807) is 13.1 Å². The molecule has 5 nitrogen and oxygen atoms in total. The van der Waals surface area contributed by atoms with Crippen LogP contribution in [0.5, 0.6) is 0 Å². The van der Waals surface area contributed by atoms with Gasteiger partial charge in [0.2, 0.25) is 0 Å². The highest BCUT2D eigenvalue weighted by atomic mass is 32.1. The van der Waals surface area contributed by atoms with Crippen molar-refractivity contribution in [3.8, 4) is 0 Å². The Labute approximate surface area is 135 Å². The van der Waals surface area contributed by atoms with Gasteiger partial charge in [0.1, 0.15) is 5.60 Å². The molecule has 0 bridgehead atoms. The largest absolute Gasteiger partial charge is 0.384 e. The van der Waals surface area contributed by atoms with E-state index in [4.69, 9.17) is 0 Å². The van der Waals surface area contributed by atoms with Crippen LogP contribution in [0.4, 0.5) is 0 Å². The fourth-order valence-electron chi connectivity index (χ4n) is 2.22. The maximum absolute atomic E-state index is 12.3. The second kappa shape index (κ2) is 6.62. The smallest absolute Gasteiger partial charge is 0.254 e. The van der Waals surface area contributed by atoms with Crippen molar-refractivity contribution in [2.45, 2.75) is 39.8 Å². The minimum absolute atomic E-state index is 0.164. The van der Waals surface area contributed by atoms with E-state index >= 15 is 0 Å². The number of nitrogens with zero attached hydrogens (tertiary/aromatic N) is 2. The minimum Gasteiger partial charge on any atom is -0.384 e. The predicted molar refractivity (Wildman–Crippen MR) is 88.0 cm³/mol. The molecule has 0 fully saturated rings. The van der Waals surface area contributed by atoms with Gasteiger partial charge in [-0.3, -0.25) is 9.48 Å². The third kappa shape index (κ3) is 3.75. The molecule has 1 amide bonds. The van der Waals surface area contributed by atoms with Crippen molar-refractivity contribution in [2.75, 3.05) is 6.54 Å². The Balaban J connectivity index is 2.02. The first-order chi connectivity index (χ1) is 10.3. The molecule has 0 aromatic carbocycles. The Morgan fingerprint density at radius 1 is 1.55 bits per heavy atom. The van der Waals surface area contributed by atoms with Crippen molar-refractivity contribution in [2.24, 2.45) is 5.92 Å². The second-order valence-corrected chi connectivity index (χ2v) is 6.97. The molecule has 2 aromatic heterocycles. The Morgan fingerprint density at radius 3 is 2.86 bits per heavy atom. The summed E-state index contributed by atoms with van der Waals surface area (Å²) in [5.41, 5.74) is 1.14. The highest BCUT2D eigenvalue weighted by Crippen LogP contribution is 2.22. The third-order valence-corrected chi connectivity index (χ3v) is 4.31. The van der Waals surface area contributed by atoms with E-state index in [1.165, 1.54) is 11.3 Å². The van der Waals surface area contributed by atoms with Gasteiger partial charge in [-0.1, -0.05) is 13.8 Å². The van der Waals surface area contributed by atoms with E-state index in [2.05, 4.69) is 24.3 Å². The molecule has 120 valence electrons. The number of rotatable bonds is 6. The summed E-state index contributed by atoms with van der Waals surface area (Å²) >= 11 is 1.52. The van der Waals surface area contributed by atoms with Crippen LogP contribution >= 0.6 is 11.3 Å². The molecule has 2 heterocycles. The van der Waals surface area contributed by atoms with Crippen LogP contribution in [0.15, 0.2) is 23.0 Å². The van der Waals surface area contributed by atoms with Crippen molar-refractivity contribution in [1.29, 1.82) is 0 Å². The van der Waals surface area contributed by atoms with Gasteiger partial charge < -0.3 is 10.4 Å². The molecule has 0 aliphatic heterocycles. The van der Waals surface area contributed by atoms with Gasteiger partial charge in [-0.25, -0.2) is 0 Å². The lowest BCUT2D eigenvalue weighted by atomic mass is 9.99. The normalized spacial score (nSPS) is 14.1. The topological polar surface area (TPSA) is 67.2 Å². The van der Waals surface area contributed by atoms with Crippen molar-refractivity contribution in [1.82, 2.24) is 15.1 Å². The molecule has 0 saturated carbocycles. The van der Waals surface area contributed by atoms with Crippen molar-refractivity contribution >= 4 is 17.2 Å². The summed E-state index contributed by atoms with van der Waals surface area (Å²) < 4.78 is 1.84. The van der Waals surface area contributed by atoms with Crippen LogP contribution in [0.3, 0.4) is 0 Å². The van der Waals surface area contributed by atoms with Gasteiger partial charge >= 0.3 is 0 Å². The lowest BCUT2D eigenvalue weighted by Gasteiger charge is -2.22. The zero-order valence-electron chi connectivity index (χ0n) is 13.5. The number of thiophene rings is 1. The zero-order valence-corrected chi connectivity index (χ0v) is 14.3. The fourth-order valence-corrected chi connectivity index (χ4v) is 3.00. The Bertz CT molecular complexity index is 630. The first kappa shape index (κ1) is 16.7. The van der Waals surface area contributed by atoms with Crippen LogP contribution < -0.4 is 5.32 Å². The molecular weight excluding hydrogens is 298 g/mol. The number of nitrogens with one attached hydrogen (secondary N) is 1. The summed E-state index contributed by atoms with van der Waals surface area (Å²) in [6.45, 7) is 8.76. The van der Waals surface area contributed by atoms with E-state index in [1.807, 2.05) is 28.4 Å². The summed E-state index contributed by atoms with van der Waals surface area (Å²) in [4.78, 5) is 12.3. The van der Waals surface area contributed by atoms with Crippen LogP contribution in [0.25, 0.3) is 0 Å². The van der Waals surface area contributed by atoms with E-state index in [0.29, 0.717) is 11.5 Å². The van der Waals surface area contributed by atoms with E-state index in [0.717, 1.165) is 17.8 Å². The fraction of sp³-hybridized carbons (Fsp3) is 0.500. The van der Waals surface area contributed by atoms with Gasteiger partial charge in [-0.2, -0.15) is 16.4 Å². The van der Waals surface area contributed by atoms with Crippen molar-refractivity contribution in [3.63, 3.8) is 0 Å². The highest BCUT2D eigenvalue weighted by Gasteiger charge is 2.25. The summed E-state index contributed by atoms with van der Waals surface area (Å²) in [5.74, 6) is 0.261. The van der Waals surface area contributed by atoms with Crippen LogP contribution in [0.1, 0.15) is 42.4 Å². The number of carbonyl (C=O) groups excluding carboxylic acids is 1. The molecule has 2 N–H and O–H groups in total. The lowest BCUT2D eigenvalue weighted by molar-refractivity contribution is 0.0530. The molecule has 6 heteroatoms. The third-order valence-electron chi connectivity index (χ3n) is 3.62. The molecule has 2 rings (SSSR count). The summed E-state index contributed by atoms with van der Waals surface area (Å²) in [6, 6.07) is 1.86. The van der Waals surface area contributed by atoms with E-state index < -0.39 is 5.60 Å². The molecule has 0 spiro atoms. The SMILES string of the molecule is Cc1c(C(=O)NCC(C)(O)c2ccsc2)cnn1CC(C)C. The zero-order chi connectivity index (χ0) is 16.3. The molecule has 0 saturated heterocycles. The first-order valence-electron chi connectivity index (χ1n) is 7.37. The average Bonchev–Trinajstić information content (AvgIpc) is 3.08. The number of amides is 1. The minimum atomic E-state index is -1.07. The molecule has 1 unspecified atom stereocenters. The quantitative estimate of drug-likeness (QED) is 0.859. The van der Waals surface area contributed by atoms with Crippen molar-refractivity contribution in [3.05, 3.63) is 39.8 Å². The second-order valence-electron chi connectivity index (χ2n) is 6.19. The number of carbonyl (C=O) groups is 1. The van der Waals surface area contributed by atoms with E-state index in [-0.39, 0.29) is 12.5 Å². The number of aliphatic hydroxyl groups is 1. The monoisotopic (exact) mass is 321 g/mol.